The van der Waals surface area contributed by atoms with Crippen LogP contribution >= 0.6 is 0 Å². The van der Waals surface area contributed by atoms with E-state index >= 15 is 0 Å². The number of ether oxygens (including phenoxy) is 2. The van der Waals surface area contributed by atoms with E-state index in [1.807, 2.05) is 49.4 Å². The number of pyridine rings is 1. The number of amidine groups is 1. The first kappa shape index (κ1) is 23.7. The molecule has 0 aliphatic heterocycles. The van der Waals surface area contributed by atoms with Crippen molar-refractivity contribution in [2.75, 3.05) is 7.11 Å². The number of aromatic nitrogens is 1. The maximum absolute atomic E-state index is 12.7. The Kier molecular flexibility index (Phi) is 8.30. The molecule has 0 aliphatic carbocycles. The minimum absolute atomic E-state index is 0.115. The zero-order chi connectivity index (χ0) is 23.6. The van der Waals surface area contributed by atoms with E-state index in [4.69, 9.17) is 9.47 Å². The Balaban J connectivity index is 1.71. The van der Waals surface area contributed by atoms with E-state index in [-0.39, 0.29) is 12.0 Å². The first-order valence-corrected chi connectivity index (χ1v) is 10.7. The molecule has 0 unspecified atom stereocenters. The number of nitrogens with zero attached hydrogens (tertiary/aromatic N) is 3. The Morgan fingerprint density at radius 3 is 2.36 bits per heavy atom. The third kappa shape index (κ3) is 6.49. The van der Waals surface area contributed by atoms with Crippen molar-refractivity contribution < 1.29 is 14.3 Å². The number of benzene rings is 2. The summed E-state index contributed by atoms with van der Waals surface area (Å²) in [6.07, 6.45) is 4.06. The highest BCUT2D eigenvalue weighted by atomic mass is 16.5. The average molecular weight is 445 g/mol. The Bertz CT molecular complexity index is 1130. The summed E-state index contributed by atoms with van der Waals surface area (Å²) in [6, 6.07) is 18.8. The molecule has 3 rings (SSSR count). The molecule has 0 saturated heterocycles. The van der Waals surface area contributed by atoms with Gasteiger partial charge in [-0.2, -0.15) is 5.10 Å². The van der Waals surface area contributed by atoms with Crippen LogP contribution in [0.1, 0.15) is 54.8 Å². The monoisotopic (exact) mass is 444 g/mol. The maximum Gasteiger partial charge on any atom is 0.256 e. The lowest BCUT2D eigenvalue weighted by atomic mass is 10.1. The number of hydrogen-bond donors (Lipinski definition) is 1. The molecule has 0 radical (unpaired) electrons. The van der Waals surface area contributed by atoms with Gasteiger partial charge in [-0.05, 0) is 56.2 Å². The van der Waals surface area contributed by atoms with Gasteiger partial charge in [0.05, 0.1) is 12.8 Å². The lowest BCUT2D eigenvalue weighted by Crippen LogP contribution is -2.28. The van der Waals surface area contributed by atoms with Crippen LogP contribution in [0.25, 0.3) is 0 Å². The van der Waals surface area contributed by atoms with Gasteiger partial charge in [-0.1, -0.05) is 37.3 Å². The summed E-state index contributed by atoms with van der Waals surface area (Å²) < 4.78 is 11.7. The molecule has 1 heterocycles. The molecule has 0 bridgehead atoms. The molecule has 0 spiro atoms. The van der Waals surface area contributed by atoms with Crippen molar-refractivity contribution in [3.05, 3.63) is 89.7 Å². The molecule has 2 aromatic carbocycles. The predicted octanol–water partition coefficient (Wildman–Crippen LogP) is 5.19. The summed E-state index contributed by atoms with van der Waals surface area (Å²) in [7, 11) is 1.55. The first-order chi connectivity index (χ1) is 16.0. The van der Waals surface area contributed by atoms with Gasteiger partial charge >= 0.3 is 0 Å². The lowest BCUT2D eigenvalue weighted by molar-refractivity contribution is 0.0976. The van der Waals surface area contributed by atoms with Crippen LogP contribution in [0, 0.1) is 0 Å². The molecule has 7 heteroatoms. The van der Waals surface area contributed by atoms with Crippen LogP contribution in [-0.2, 0) is 0 Å². The Morgan fingerprint density at radius 2 is 1.70 bits per heavy atom. The topological polar surface area (TPSA) is 85.2 Å². The van der Waals surface area contributed by atoms with Gasteiger partial charge in [0.2, 0.25) is 0 Å². The van der Waals surface area contributed by atoms with Crippen molar-refractivity contribution >= 4 is 17.5 Å². The Morgan fingerprint density at radius 1 is 0.970 bits per heavy atom. The van der Waals surface area contributed by atoms with E-state index in [0.717, 1.165) is 23.3 Å². The minimum atomic E-state index is -0.312. The second kappa shape index (κ2) is 11.6. The summed E-state index contributed by atoms with van der Waals surface area (Å²) in [6.45, 7) is 5.59. The minimum Gasteiger partial charge on any atom is -0.493 e. The second-order valence-electron chi connectivity index (χ2n) is 7.35. The molecular formula is C26H28N4O3. The smallest absolute Gasteiger partial charge is 0.256 e. The number of carbonyl (C=O) groups is 1. The fourth-order valence-electron chi connectivity index (χ4n) is 3.18. The highest BCUT2D eigenvalue weighted by molar-refractivity contribution is 6.06. The number of nitrogens with one attached hydrogen (secondary N) is 1. The molecule has 1 N–H and O–H groups in total. The predicted molar refractivity (Wildman–Crippen MR) is 130 cm³/mol. The molecule has 33 heavy (non-hydrogen) atoms. The maximum atomic E-state index is 12.7. The fraction of sp³-hybridized carbons (Fsp3) is 0.231. The van der Waals surface area contributed by atoms with Gasteiger partial charge in [0.15, 0.2) is 11.5 Å². The van der Waals surface area contributed by atoms with Crippen LogP contribution in [0.4, 0.5) is 0 Å². The molecule has 3 aromatic rings. The SMILES string of the molecule is CC[C@H](Oc1ccc(C(=O)N/C(C)=N/N=C(\C)c2ccncc2)cc1OC)c1ccccc1. The average Bonchev–Trinajstić information content (AvgIpc) is 2.86. The van der Waals surface area contributed by atoms with Gasteiger partial charge in [0, 0.05) is 23.5 Å². The van der Waals surface area contributed by atoms with Crippen LogP contribution in [0.5, 0.6) is 11.5 Å². The van der Waals surface area contributed by atoms with E-state index in [9.17, 15) is 4.79 Å². The number of rotatable bonds is 8. The molecule has 0 aliphatic rings. The Hall–Kier alpha value is -4.00. The summed E-state index contributed by atoms with van der Waals surface area (Å²) in [5.74, 6) is 1.13. The Labute approximate surface area is 194 Å². The number of hydrogen-bond acceptors (Lipinski definition) is 6. The number of methoxy groups -OCH3 is 1. The second-order valence-corrected chi connectivity index (χ2v) is 7.35. The van der Waals surface area contributed by atoms with Crippen LogP contribution in [0.15, 0.2) is 83.3 Å². The summed E-state index contributed by atoms with van der Waals surface area (Å²) in [5.41, 5.74) is 3.14. The normalized spacial score (nSPS) is 12.7. The molecular weight excluding hydrogens is 416 g/mol. The fourth-order valence-corrected chi connectivity index (χ4v) is 3.18. The van der Waals surface area contributed by atoms with E-state index < -0.39 is 0 Å². The van der Waals surface area contributed by atoms with Crippen molar-refractivity contribution in [1.29, 1.82) is 0 Å². The zero-order valence-electron chi connectivity index (χ0n) is 19.3. The molecule has 0 saturated carbocycles. The standard InChI is InChI=1S/C26H28N4O3/c1-5-23(21-9-7-6-8-10-21)33-24-12-11-22(17-25(24)32-4)26(31)28-19(3)30-29-18(2)20-13-15-27-16-14-20/h6-17,23H,5H2,1-4H3,(H,28,30,31)/b29-18+/t23-/m0/s1. The third-order valence-electron chi connectivity index (χ3n) is 4.98. The van der Waals surface area contributed by atoms with Crippen molar-refractivity contribution in [2.45, 2.75) is 33.3 Å². The van der Waals surface area contributed by atoms with Gasteiger partial charge in [0.25, 0.3) is 5.91 Å². The third-order valence-corrected chi connectivity index (χ3v) is 4.98. The van der Waals surface area contributed by atoms with Crippen molar-refractivity contribution in [3.63, 3.8) is 0 Å². The summed E-state index contributed by atoms with van der Waals surface area (Å²) >= 11 is 0. The highest BCUT2D eigenvalue weighted by Gasteiger charge is 2.16. The van der Waals surface area contributed by atoms with Crippen LogP contribution < -0.4 is 14.8 Å². The van der Waals surface area contributed by atoms with E-state index in [1.165, 1.54) is 0 Å². The first-order valence-electron chi connectivity index (χ1n) is 10.7. The van der Waals surface area contributed by atoms with Crippen molar-refractivity contribution in [2.24, 2.45) is 10.2 Å². The highest BCUT2D eigenvalue weighted by Crippen LogP contribution is 2.33. The summed E-state index contributed by atoms with van der Waals surface area (Å²) in [4.78, 5) is 16.7. The van der Waals surface area contributed by atoms with E-state index in [2.05, 4.69) is 27.4 Å². The van der Waals surface area contributed by atoms with Gasteiger partial charge in [-0.3, -0.25) is 9.78 Å². The van der Waals surface area contributed by atoms with Crippen LogP contribution in [0.2, 0.25) is 0 Å². The van der Waals surface area contributed by atoms with Crippen LogP contribution in [0.3, 0.4) is 0 Å². The van der Waals surface area contributed by atoms with Gasteiger partial charge < -0.3 is 14.8 Å². The van der Waals surface area contributed by atoms with Gasteiger partial charge in [-0.15, -0.1) is 5.10 Å². The molecule has 1 aromatic heterocycles. The zero-order valence-corrected chi connectivity index (χ0v) is 19.3. The number of carbonyl (C=O) groups excluding carboxylic acids is 1. The molecule has 1 atom stereocenters. The van der Waals surface area contributed by atoms with Gasteiger partial charge in [0.1, 0.15) is 11.9 Å². The number of amides is 1. The summed E-state index contributed by atoms with van der Waals surface area (Å²) in [5, 5.41) is 11.0. The van der Waals surface area contributed by atoms with E-state index in [1.54, 1.807) is 44.6 Å². The quantitative estimate of drug-likeness (QED) is 0.294. The molecule has 1 amide bonds. The van der Waals surface area contributed by atoms with Crippen LogP contribution in [-0.4, -0.2) is 29.5 Å². The molecule has 0 fully saturated rings. The van der Waals surface area contributed by atoms with Crippen molar-refractivity contribution in [3.8, 4) is 11.5 Å². The van der Waals surface area contributed by atoms with Crippen molar-refractivity contribution in [1.82, 2.24) is 10.3 Å². The van der Waals surface area contributed by atoms with Gasteiger partial charge in [-0.25, -0.2) is 0 Å². The molecule has 170 valence electrons. The van der Waals surface area contributed by atoms with E-state index in [0.29, 0.717) is 22.9 Å². The lowest BCUT2D eigenvalue weighted by Gasteiger charge is -2.20. The largest absolute Gasteiger partial charge is 0.493 e. The molecule has 7 nitrogen and oxygen atoms in total.